The van der Waals surface area contributed by atoms with Gasteiger partial charge in [0.25, 0.3) is 5.91 Å². The predicted molar refractivity (Wildman–Crippen MR) is 95.8 cm³/mol. The topological polar surface area (TPSA) is 62.4 Å². The Labute approximate surface area is 148 Å². The molecule has 1 fully saturated rings. The number of nitrogens with zero attached hydrogens (tertiary/aromatic N) is 1. The van der Waals surface area contributed by atoms with Gasteiger partial charge in [-0.1, -0.05) is 30.3 Å². The highest BCUT2D eigenvalue weighted by molar-refractivity contribution is 6.00. The van der Waals surface area contributed by atoms with E-state index in [1.54, 1.807) is 13.8 Å². The van der Waals surface area contributed by atoms with Gasteiger partial charge in [-0.3, -0.25) is 4.79 Å². The third-order valence-electron chi connectivity index (χ3n) is 4.99. The standard InChI is InChI=1S/C20H24N2O3/c1-13-17(20(24)25-3)14(2)21-18(13)19(23)22-11-7-10-16(22)12-15-8-5-4-6-9-15/h4-6,8-9,16,21H,7,10-12H2,1-3H3. The lowest BCUT2D eigenvalue weighted by Gasteiger charge is -2.25. The lowest BCUT2D eigenvalue weighted by atomic mass is 10.0. The molecule has 25 heavy (non-hydrogen) atoms. The van der Waals surface area contributed by atoms with E-state index in [2.05, 4.69) is 17.1 Å². The van der Waals surface area contributed by atoms with Crippen LogP contribution >= 0.6 is 0 Å². The van der Waals surface area contributed by atoms with Crippen molar-refractivity contribution in [3.05, 3.63) is 58.4 Å². The SMILES string of the molecule is COC(=O)c1c(C)[nH]c(C(=O)N2CCCC2Cc2ccccc2)c1C. The zero-order chi connectivity index (χ0) is 18.0. The van der Waals surface area contributed by atoms with E-state index in [0.717, 1.165) is 25.8 Å². The minimum Gasteiger partial charge on any atom is -0.465 e. The second kappa shape index (κ2) is 7.13. The predicted octanol–water partition coefficient (Wildman–Crippen LogP) is 3.27. The van der Waals surface area contributed by atoms with E-state index in [1.165, 1.54) is 12.7 Å². The smallest absolute Gasteiger partial charge is 0.339 e. The lowest BCUT2D eigenvalue weighted by molar-refractivity contribution is 0.0599. The number of benzene rings is 1. The van der Waals surface area contributed by atoms with Crippen molar-refractivity contribution in [3.63, 3.8) is 0 Å². The maximum Gasteiger partial charge on any atom is 0.339 e. The number of amides is 1. The Hall–Kier alpha value is -2.56. The summed E-state index contributed by atoms with van der Waals surface area (Å²) < 4.78 is 4.83. The van der Waals surface area contributed by atoms with Gasteiger partial charge in [0, 0.05) is 18.3 Å². The molecule has 0 saturated carbocycles. The number of aromatic amines is 1. The minimum absolute atomic E-state index is 0.0332. The van der Waals surface area contributed by atoms with Crippen LogP contribution in [-0.2, 0) is 11.2 Å². The average molecular weight is 340 g/mol. The van der Waals surface area contributed by atoms with E-state index in [0.29, 0.717) is 22.5 Å². The quantitative estimate of drug-likeness (QED) is 0.869. The Morgan fingerprint density at radius 1 is 1.24 bits per heavy atom. The molecular weight excluding hydrogens is 316 g/mol. The summed E-state index contributed by atoms with van der Waals surface area (Å²) >= 11 is 0. The van der Waals surface area contributed by atoms with Crippen LogP contribution < -0.4 is 0 Å². The van der Waals surface area contributed by atoms with Gasteiger partial charge in [0.15, 0.2) is 0 Å². The van der Waals surface area contributed by atoms with Crippen LogP contribution in [0, 0.1) is 13.8 Å². The van der Waals surface area contributed by atoms with E-state index in [1.807, 2.05) is 23.1 Å². The second-order valence-corrected chi connectivity index (χ2v) is 6.60. The molecule has 2 aromatic rings. The van der Waals surface area contributed by atoms with Gasteiger partial charge in [-0.05, 0) is 44.2 Å². The minimum atomic E-state index is -0.410. The van der Waals surface area contributed by atoms with Gasteiger partial charge in [0.2, 0.25) is 0 Å². The number of aryl methyl sites for hydroxylation is 1. The van der Waals surface area contributed by atoms with Gasteiger partial charge in [-0.2, -0.15) is 0 Å². The number of hydrogen-bond donors (Lipinski definition) is 1. The van der Waals surface area contributed by atoms with Crippen LogP contribution in [0.2, 0.25) is 0 Å². The average Bonchev–Trinajstić information content (AvgIpc) is 3.19. The molecule has 0 radical (unpaired) electrons. The first-order valence-electron chi connectivity index (χ1n) is 8.65. The van der Waals surface area contributed by atoms with Crippen LogP contribution in [0.5, 0.6) is 0 Å². The van der Waals surface area contributed by atoms with Crippen LogP contribution in [0.25, 0.3) is 0 Å². The third kappa shape index (κ3) is 3.31. The number of carbonyl (C=O) groups is 2. The van der Waals surface area contributed by atoms with Gasteiger partial charge >= 0.3 is 5.97 Å². The van der Waals surface area contributed by atoms with Crippen LogP contribution in [0.15, 0.2) is 30.3 Å². The first kappa shape index (κ1) is 17.3. The zero-order valence-electron chi connectivity index (χ0n) is 15.0. The number of esters is 1. The highest BCUT2D eigenvalue weighted by Gasteiger charge is 2.32. The summed E-state index contributed by atoms with van der Waals surface area (Å²) in [6.07, 6.45) is 2.87. The molecule has 1 unspecified atom stereocenters. The van der Waals surface area contributed by atoms with Crippen molar-refractivity contribution in [1.82, 2.24) is 9.88 Å². The Kier molecular flexibility index (Phi) is 4.93. The molecule has 1 N–H and O–H groups in total. The van der Waals surface area contributed by atoms with E-state index in [9.17, 15) is 9.59 Å². The number of likely N-dealkylation sites (tertiary alicyclic amines) is 1. The zero-order valence-corrected chi connectivity index (χ0v) is 15.0. The van der Waals surface area contributed by atoms with E-state index >= 15 is 0 Å². The largest absolute Gasteiger partial charge is 0.465 e. The van der Waals surface area contributed by atoms with E-state index in [4.69, 9.17) is 4.74 Å². The van der Waals surface area contributed by atoms with Crippen molar-refractivity contribution in [2.75, 3.05) is 13.7 Å². The molecule has 5 heteroatoms. The Balaban J connectivity index is 1.84. The molecule has 3 rings (SSSR count). The molecule has 1 aliphatic heterocycles. The molecule has 1 aliphatic rings. The summed E-state index contributed by atoms with van der Waals surface area (Å²) in [5.74, 6) is -0.443. The molecule has 1 saturated heterocycles. The molecule has 5 nitrogen and oxygen atoms in total. The van der Waals surface area contributed by atoms with Gasteiger partial charge in [0.05, 0.1) is 12.7 Å². The summed E-state index contributed by atoms with van der Waals surface area (Å²) in [5, 5.41) is 0. The normalized spacial score (nSPS) is 16.9. The van der Waals surface area contributed by atoms with Crippen molar-refractivity contribution in [2.45, 2.75) is 39.2 Å². The number of H-pyrrole nitrogens is 1. The van der Waals surface area contributed by atoms with Crippen LogP contribution in [0.1, 0.15) is 50.5 Å². The summed E-state index contributed by atoms with van der Waals surface area (Å²) in [4.78, 5) is 30.1. The number of aromatic nitrogens is 1. The van der Waals surface area contributed by atoms with Gasteiger partial charge in [-0.25, -0.2) is 4.79 Å². The second-order valence-electron chi connectivity index (χ2n) is 6.60. The van der Waals surface area contributed by atoms with Crippen molar-refractivity contribution < 1.29 is 14.3 Å². The number of hydrogen-bond acceptors (Lipinski definition) is 3. The van der Waals surface area contributed by atoms with Crippen LogP contribution in [-0.4, -0.2) is 41.5 Å². The number of nitrogens with one attached hydrogen (secondary N) is 1. The highest BCUT2D eigenvalue weighted by Crippen LogP contribution is 2.26. The van der Waals surface area contributed by atoms with Crippen molar-refractivity contribution in [2.24, 2.45) is 0 Å². The maximum atomic E-state index is 13.1. The Bertz CT molecular complexity index is 780. The molecular formula is C20H24N2O3. The first-order chi connectivity index (χ1) is 12.0. The summed E-state index contributed by atoms with van der Waals surface area (Å²) in [6, 6.07) is 10.4. The molecule has 1 atom stereocenters. The van der Waals surface area contributed by atoms with Crippen LogP contribution in [0.3, 0.4) is 0 Å². The Morgan fingerprint density at radius 2 is 1.96 bits per heavy atom. The molecule has 2 heterocycles. The molecule has 0 aliphatic carbocycles. The fourth-order valence-electron chi connectivity index (χ4n) is 3.72. The third-order valence-corrected chi connectivity index (χ3v) is 4.99. The van der Waals surface area contributed by atoms with Gasteiger partial charge in [-0.15, -0.1) is 0 Å². The molecule has 0 spiro atoms. The van der Waals surface area contributed by atoms with Crippen molar-refractivity contribution in [3.8, 4) is 0 Å². The van der Waals surface area contributed by atoms with Gasteiger partial charge in [0.1, 0.15) is 5.69 Å². The number of rotatable bonds is 4. The first-order valence-corrected chi connectivity index (χ1v) is 8.65. The van der Waals surface area contributed by atoms with Crippen molar-refractivity contribution >= 4 is 11.9 Å². The summed E-state index contributed by atoms with van der Waals surface area (Å²) in [7, 11) is 1.35. The van der Waals surface area contributed by atoms with Gasteiger partial charge < -0.3 is 14.6 Å². The highest BCUT2D eigenvalue weighted by atomic mass is 16.5. The molecule has 1 aromatic heterocycles. The summed E-state index contributed by atoms with van der Waals surface area (Å²) in [5.41, 5.74) is 3.54. The number of carbonyl (C=O) groups excluding carboxylic acids is 2. The lowest BCUT2D eigenvalue weighted by Crippen LogP contribution is -2.37. The number of ether oxygens (including phenoxy) is 1. The fourth-order valence-corrected chi connectivity index (χ4v) is 3.72. The Morgan fingerprint density at radius 3 is 2.64 bits per heavy atom. The van der Waals surface area contributed by atoms with Crippen molar-refractivity contribution in [1.29, 1.82) is 0 Å². The molecule has 132 valence electrons. The monoisotopic (exact) mass is 340 g/mol. The maximum absolute atomic E-state index is 13.1. The van der Waals surface area contributed by atoms with E-state index < -0.39 is 5.97 Å². The fraction of sp³-hybridized carbons (Fsp3) is 0.400. The van der Waals surface area contributed by atoms with Crippen LogP contribution in [0.4, 0.5) is 0 Å². The molecule has 0 bridgehead atoms. The van der Waals surface area contributed by atoms with E-state index in [-0.39, 0.29) is 11.9 Å². The molecule has 1 amide bonds. The molecule has 1 aromatic carbocycles. The number of methoxy groups -OCH3 is 1. The summed E-state index contributed by atoms with van der Waals surface area (Å²) in [6.45, 7) is 4.34.